The minimum absolute atomic E-state index is 0.654. The SMILES string of the molecule is CCCNCc1coc(N(C)Cc2scnc2C)n1. The predicted octanol–water partition coefficient (Wildman–Crippen LogP) is 2.58. The van der Waals surface area contributed by atoms with Crippen LogP contribution in [0.4, 0.5) is 6.01 Å². The maximum Gasteiger partial charge on any atom is 0.297 e. The van der Waals surface area contributed by atoms with Gasteiger partial charge in [-0.15, -0.1) is 11.3 Å². The zero-order chi connectivity index (χ0) is 13.7. The first kappa shape index (κ1) is 14.0. The van der Waals surface area contributed by atoms with Gasteiger partial charge in [-0.1, -0.05) is 6.92 Å². The quantitative estimate of drug-likeness (QED) is 0.790. The molecule has 2 aromatic heterocycles. The molecule has 0 spiro atoms. The van der Waals surface area contributed by atoms with E-state index in [1.54, 1.807) is 17.6 Å². The molecule has 5 nitrogen and oxygen atoms in total. The van der Waals surface area contributed by atoms with Gasteiger partial charge < -0.3 is 14.6 Å². The molecule has 0 aromatic carbocycles. The van der Waals surface area contributed by atoms with Crippen molar-refractivity contribution in [1.29, 1.82) is 0 Å². The molecular formula is C13H20N4OS. The van der Waals surface area contributed by atoms with Crippen LogP contribution in [0.2, 0.25) is 0 Å². The Kier molecular flexibility index (Phi) is 4.93. The number of aryl methyl sites for hydroxylation is 1. The molecular weight excluding hydrogens is 260 g/mol. The molecule has 0 saturated heterocycles. The molecule has 6 heteroatoms. The van der Waals surface area contributed by atoms with Gasteiger partial charge in [0.15, 0.2) is 0 Å². The molecule has 0 unspecified atom stereocenters. The molecule has 0 aliphatic carbocycles. The summed E-state index contributed by atoms with van der Waals surface area (Å²) in [6.45, 7) is 6.70. The van der Waals surface area contributed by atoms with Gasteiger partial charge in [0.25, 0.3) is 6.01 Å². The first-order chi connectivity index (χ1) is 9.20. The van der Waals surface area contributed by atoms with Gasteiger partial charge in [-0.3, -0.25) is 0 Å². The molecule has 104 valence electrons. The fourth-order valence-electron chi connectivity index (χ4n) is 1.71. The van der Waals surface area contributed by atoms with E-state index < -0.39 is 0 Å². The van der Waals surface area contributed by atoms with Crippen molar-refractivity contribution >= 4 is 17.4 Å². The first-order valence-electron chi connectivity index (χ1n) is 6.46. The Labute approximate surface area is 117 Å². The second-order valence-corrected chi connectivity index (χ2v) is 5.45. The summed E-state index contributed by atoms with van der Waals surface area (Å²) in [5.41, 5.74) is 3.89. The van der Waals surface area contributed by atoms with Crippen LogP contribution in [0.5, 0.6) is 0 Å². The molecule has 2 rings (SSSR count). The number of nitrogens with one attached hydrogen (secondary N) is 1. The van der Waals surface area contributed by atoms with Gasteiger partial charge >= 0.3 is 0 Å². The fourth-order valence-corrected chi connectivity index (χ4v) is 2.54. The van der Waals surface area contributed by atoms with Crippen molar-refractivity contribution in [3.63, 3.8) is 0 Å². The Bertz CT molecular complexity index is 508. The summed E-state index contributed by atoms with van der Waals surface area (Å²) >= 11 is 1.66. The van der Waals surface area contributed by atoms with E-state index in [2.05, 4.69) is 22.2 Å². The van der Waals surface area contributed by atoms with Crippen LogP contribution < -0.4 is 10.2 Å². The van der Waals surface area contributed by atoms with Crippen molar-refractivity contribution in [2.24, 2.45) is 0 Å². The molecule has 0 aliphatic rings. The zero-order valence-corrected chi connectivity index (χ0v) is 12.5. The van der Waals surface area contributed by atoms with Crippen molar-refractivity contribution in [3.05, 3.63) is 28.0 Å². The first-order valence-corrected chi connectivity index (χ1v) is 7.34. The third-order valence-electron chi connectivity index (χ3n) is 2.82. The van der Waals surface area contributed by atoms with Gasteiger partial charge in [0.2, 0.25) is 0 Å². The lowest BCUT2D eigenvalue weighted by molar-refractivity contribution is 0.543. The molecule has 0 fully saturated rings. The van der Waals surface area contributed by atoms with Gasteiger partial charge in [-0.05, 0) is 19.9 Å². The Balaban J connectivity index is 1.92. The summed E-state index contributed by atoms with van der Waals surface area (Å²) in [5, 5.41) is 3.31. The average Bonchev–Trinajstić information content (AvgIpc) is 3.00. The van der Waals surface area contributed by atoms with E-state index in [9.17, 15) is 0 Å². The van der Waals surface area contributed by atoms with Gasteiger partial charge in [-0.25, -0.2) is 4.98 Å². The van der Waals surface area contributed by atoms with E-state index in [4.69, 9.17) is 4.42 Å². The highest BCUT2D eigenvalue weighted by Gasteiger charge is 2.11. The molecule has 0 bridgehead atoms. The van der Waals surface area contributed by atoms with Crippen LogP contribution in [-0.2, 0) is 13.1 Å². The molecule has 0 aliphatic heterocycles. The summed E-state index contributed by atoms with van der Waals surface area (Å²) in [7, 11) is 1.98. The monoisotopic (exact) mass is 280 g/mol. The number of thiazole rings is 1. The summed E-state index contributed by atoms with van der Waals surface area (Å²) < 4.78 is 5.50. The number of hydrogen-bond donors (Lipinski definition) is 1. The molecule has 2 aromatic rings. The number of hydrogen-bond acceptors (Lipinski definition) is 6. The standard InChI is InChI=1S/C13H20N4OS/c1-4-5-14-6-11-8-18-13(16-11)17(3)7-12-10(2)15-9-19-12/h8-9,14H,4-7H2,1-3H3. The van der Waals surface area contributed by atoms with Crippen LogP contribution in [0.3, 0.4) is 0 Å². The topological polar surface area (TPSA) is 54.2 Å². The summed E-state index contributed by atoms with van der Waals surface area (Å²) in [5.74, 6) is 0. The second-order valence-electron chi connectivity index (χ2n) is 4.52. The number of anilines is 1. The van der Waals surface area contributed by atoms with Crippen molar-refractivity contribution < 1.29 is 4.42 Å². The van der Waals surface area contributed by atoms with Crippen LogP contribution in [0.15, 0.2) is 16.2 Å². The minimum atomic E-state index is 0.654. The third kappa shape index (κ3) is 3.78. The highest BCUT2D eigenvalue weighted by Crippen LogP contribution is 2.19. The van der Waals surface area contributed by atoms with Crippen LogP contribution in [0, 0.1) is 6.92 Å². The van der Waals surface area contributed by atoms with E-state index in [-0.39, 0.29) is 0 Å². The predicted molar refractivity (Wildman–Crippen MR) is 77.5 cm³/mol. The van der Waals surface area contributed by atoms with E-state index in [1.807, 2.05) is 24.4 Å². The zero-order valence-electron chi connectivity index (χ0n) is 11.6. The van der Waals surface area contributed by atoms with Gasteiger partial charge in [0, 0.05) is 18.5 Å². The van der Waals surface area contributed by atoms with E-state index in [1.165, 1.54) is 4.88 Å². The molecule has 0 saturated carbocycles. The Hall–Kier alpha value is -1.40. The lowest BCUT2D eigenvalue weighted by atomic mass is 10.4. The van der Waals surface area contributed by atoms with Crippen LogP contribution >= 0.6 is 11.3 Å². The normalized spacial score (nSPS) is 10.9. The maximum absolute atomic E-state index is 5.50. The van der Waals surface area contributed by atoms with E-state index in [0.717, 1.165) is 37.4 Å². The summed E-state index contributed by atoms with van der Waals surface area (Å²) in [4.78, 5) is 12.0. The lowest BCUT2D eigenvalue weighted by Crippen LogP contribution is -2.17. The van der Waals surface area contributed by atoms with E-state index >= 15 is 0 Å². The van der Waals surface area contributed by atoms with Gasteiger partial charge in [-0.2, -0.15) is 4.98 Å². The van der Waals surface area contributed by atoms with Crippen molar-refractivity contribution in [3.8, 4) is 0 Å². The van der Waals surface area contributed by atoms with Gasteiger partial charge in [0.1, 0.15) is 6.26 Å². The number of rotatable bonds is 7. The third-order valence-corrected chi connectivity index (χ3v) is 3.74. The number of aromatic nitrogens is 2. The Morgan fingerprint density at radius 2 is 2.32 bits per heavy atom. The number of nitrogens with zero attached hydrogens (tertiary/aromatic N) is 3. The molecule has 0 atom stereocenters. The Morgan fingerprint density at radius 1 is 1.47 bits per heavy atom. The summed E-state index contributed by atoms with van der Waals surface area (Å²) in [6.07, 6.45) is 2.84. The van der Waals surface area contributed by atoms with Gasteiger partial charge in [0.05, 0.1) is 23.4 Å². The van der Waals surface area contributed by atoms with Crippen molar-refractivity contribution in [2.75, 3.05) is 18.5 Å². The smallest absolute Gasteiger partial charge is 0.297 e. The van der Waals surface area contributed by atoms with Crippen LogP contribution in [0.1, 0.15) is 29.6 Å². The molecule has 0 radical (unpaired) electrons. The summed E-state index contributed by atoms with van der Waals surface area (Å²) in [6, 6.07) is 0.654. The highest BCUT2D eigenvalue weighted by atomic mass is 32.1. The van der Waals surface area contributed by atoms with Crippen molar-refractivity contribution in [2.45, 2.75) is 33.4 Å². The van der Waals surface area contributed by atoms with E-state index in [0.29, 0.717) is 6.01 Å². The van der Waals surface area contributed by atoms with Crippen LogP contribution in [0.25, 0.3) is 0 Å². The minimum Gasteiger partial charge on any atom is -0.432 e. The maximum atomic E-state index is 5.50. The molecule has 2 heterocycles. The lowest BCUT2D eigenvalue weighted by Gasteiger charge is -2.13. The fraction of sp³-hybridized carbons (Fsp3) is 0.538. The number of oxazole rings is 1. The average molecular weight is 280 g/mol. The Morgan fingerprint density at radius 3 is 3.00 bits per heavy atom. The molecule has 0 amide bonds. The highest BCUT2D eigenvalue weighted by molar-refractivity contribution is 7.09. The largest absolute Gasteiger partial charge is 0.432 e. The molecule has 19 heavy (non-hydrogen) atoms. The van der Waals surface area contributed by atoms with Crippen molar-refractivity contribution in [1.82, 2.24) is 15.3 Å². The second kappa shape index (κ2) is 6.68. The molecule has 1 N–H and O–H groups in total. The van der Waals surface area contributed by atoms with Crippen LogP contribution in [-0.4, -0.2) is 23.6 Å².